The molecular weight excluding hydrogens is 876 g/mol. The van der Waals surface area contributed by atoms with Gasteiger partial charge in [0.1, 0.15) is 5.82 Å². The van der Waals surface area contributed by atoms with Crippen LogP contribution in [-0.2, 0) is 37.3 Å². The van der Waals surface area contributed by atoms with Gasteiger partial charge in [-0.15, -0.1) is 22.2 Å². The summed E-state index contributed by atoms with van der Waals surface area (Å²) < 4.78 is 2.31. The van der Waals surface area contributed by atoms with E-state index >= 15 is 0 Å². The number of hydrogen-bond donors (Lipinski definition) is 0. The van der Waals surface area contributed by atoms with Crippen LogP contribution in [-0.4, -0.2) is 16.6 Å². The number of nitrogens with zero attached hydrogens (tertiary/aromatic N) is 4. The molecule has 0 atom stereocenters. The number of fused-ring (bicyclic) bond motifs is 7. The molecule has 0 radical (unpaired) electrons. The second-order valence-corrected chi connectivity index (χ2v) is 17.5. The molecule has 0 saturated carbocycles. The molecule has 0 fully saturated rings. The number of benzene rings is 6. The zero-order valence-electron chi connectivity index (χ0n) is 33.5. The van der Waals surface area contributed by atoms with Crippen molar-refractivity contribution < 1.29 is 21.1 Å². The third-order valence-corrected chi connectivity index (χ3v) is 12.0. The zero-order valence-corrected chi connectivity index (χ0v) is 35.7. The van der Waals surface area contributed by atoms with Crippen molar-refractivity contribution in [2.75, 3.05) is 16.8 Å². The van der Waals surface area contributed by atoms with E-state index < -0.39 is 5.41 Å². The number of pyridine rings is 1. The van der Waals surface area contributed by atoms with E-state index in [9.17, 15) is 0 Å². The summed E-state index contributed by atoms with van der Waals surface area (Å²) in [7, 11) is 2.12. The summed E-state index contributed by atoms with van der Waals surface area (Å²) in [5.41, 5.74) is 14.4. The summed E-state index contributed by atoms with van der Waals surface area (Å²) in [6.45, 7) is 15.8. The van der Waals surface area contributed by atoms with Crippen LogP contribution >= 0.6 is 0 Å². The molecule has 3 heterocycles. The van der Waals surface area contributed by atoms with E-state index in [4.69, 9.17) is 4.98 Å². The normalized spacial score (nSPS) is 14.4. The van der Waals surface area contributed by atoms with E-state index in [0.29, 0.717) is 0 Å². The smallest absolute Gasteiger partial charge is 0.135 e. The van der Waals surface area contributed by atoms with Gasteiger partial charge in [0.15, 0.2) is 0 Å². The summed E-state index contributed by atoms with van der Waals surface area (Å²) in [6.07, 6.45) is 1.95. The third-order valence-electron chi connectivity index (χ3n) is 12.0. The molecule has 2 aromatic heterocycles. The summed E-state index contributed by atoms with van der Waals surface area (Å²) in [4.78, 5) is 9.50. The standard InChI is InChI=1S/C52H45N4.Pt/c1-50(2,3)34-24-26-46-48(30-34)55(33-54(46)7)38-16-14-15-36(29-38)52(43-20-11-8-17-39(43)40-18-9-12-21-44(40)52)37-23-25-42-41-19-10-13-22-45(41)56(47(42)31-37)49-32-35(27-28-53-49)51(4,5)6;/h8-28,30,32-33H,1-7H3;/q-3;. The summed E-state index contributed by atoms with van der Waals surface area (Å²) in [5, 5.41) is 2.34. The molecular formula is C52H45N4Pt-3. The van der Waals surface area contributed by atoms with Gasteiger partial charge in [-0.2, -0.15) is 49.1 Å². The third kappa shape index (κ3) is 5.63. The van der Waals surface area contributed by atoms with Crippen molar-refractivity contribution in [3.05, 3.63) is 192 Å². The second-order valence-electron chi connectivity index (χ2n) is 17.5. The Bertz CT molecular complexity index is 2810. The van der Waals surface area contributed by atoms with E-state index in [2.05, 4.69) is 215 Å². The molecule has 2 aliphatic rings. The fourth-order valence-corrected chi connectivity index (χ4v) is 9.10. The summed E-state index contributed by atoms with van der Waals surface area (Å²) in [6, 6.07) is 57.1. The average molecular weight is 921 g/mol. The Kier molecular flexibility index (Phi) is 8.68. The topological polar surface area (TPSA) is 24.3 Å². The first-order chi connectivity index (χ1) is 26.9. The molecule has 0 N–H and O–H groups in total. The molecule has 6 aromatic carbocycles. The zero-order chi connectivity index (χ0) is 38.6. The number of para-hydroxylation sites is 1. The van der Waals surface area contributed by atoms with Crippen LogP contribution < -0.4 is 9.80 Å². The molecule has 0 amide bonds. The van der Waals surface area contributed by atoms with E-state index in [1.54, 1.807) is 0 Å². The molecule has 5 heteroatoms. The molecule has 0 spiro atoms. The Morgan fingerprint density at radius 2 is 1.25 bits per heavy atom. The predicted octanol–water partition coefficient (Wildman–Crippen LogP) is 12.4. The Hall–Kier alpha value is -5.44. The van der Waals surface area contributed by atoms with Crippen molar-refractivity contribution in [2.24, 2.45) is 0 Å². The van der Waals surface area contributed by atoms with Crippen molar-refractivity contribution >= 4 is 38.9 Å². The molecule has 1 aliphatic heterocycles. The molecule has 0 unspecified atom stereocenters. The van der Waals surface area contributed by atoms with Crippen LogP contribution in [0.1, 0.15) is 74.9 Å². The minimum absolute atomic E-state index is 0. The Morgan fingerprint density at radius 1 is 0.596 bits per heavy atom. The molecule has 4 nitrogen and oxygen atoms in total. The van der Waals surface area contributed by atoms with Crippen LogP contribution in [0.3, 0.4) is 0 Å². The van der Waals surface area contributed by atoms with Crippen molar-refractivity contribution in [3.8, 4) is 16.9 Å². The van der Waals surface area contributed by atoms with Gasteiger partial charge in [-0.3, -0.25) is 0 Å². The quantitative estimate of drug-likeness (QED) is 0.164. The fourth-order valence-electron chi connectivity index (χ4n) is 9.10. The van der Waals surface area contributed by atoms with Gasteiger partial charge in [0, 0.05) is 49.6 Å². The van der Waals surface area contributed by atoms with Crippen molar-refractivity contribution in [1.82, 2.24) is 9.55 Å². The molecule has 286 valence electrons. The van der Waals surface area contributed by atoms with Gasteiger partial charge in [-0.05, 0) is 87.0 Å². The molecule has 0 bridgehead atoms. The van der Waals surface area contributed by atoms with Gasteiger partial charge in [-0.1, -0.05) is 120 Å². The maximum Gasteiger partial charge on any atom is 0.135 e. The van der Waals surface area contributed by atoms with Gasteiger partial charge in [0.2, 0.25) is 0 Å². The maximum atomic E-state index is 5.00. The molecule has 57 heavy (non-hydrogen) atoms. The van der Waals surface area contributed by atoms with Crippen LogP contribution in [0, 0.1) is 18.8 Å². The first kappa shape index (κ1) is 37.2. The van der Waals surface area contributed by atoms with E-state index in [1.807, 2.05) is 6.20 Å². The average Bonchev–Trinajstić information content (AvgIpc) is 3.82. The van der Waals surface area contributed by atoms with Crippen LogP contribution in [0.2, 0.25) is 0 Å². The minimum atomic E-state index is -0.693. The minimum Gasteiger partial charge on any atom is -0.504 e. The fraction of sp³-hybridized carbons (Fsp3) is 0.192. The van der Waals surface area contributed by atoms with Crippen LogP contribution in [0.5, 0.6) is 0 Å². The molecule has 0 saturated heterocycles. The van der Waals surface area contributed by atoms with Gasteiger partial charge in [0.25, 0.3) is 0 Å². The largest absolute Gasteiger partial charge is 0.504 e. The van der Waals surface area contributed by atoms with Crippen LogP contribution in [0.4, 0.5) is 17.1 Å². The van der Waals surface area contributed by atoms with E-state index in [-0.39, 0.29) is 31.9 Å². The Morgan fingerprint density at radius 3 is 1.96 bits per heavy atom. The molecule has 10 rings (SSSR count). The number of hydrogen-bond acceptors (Lipinski definition) is 3. The number of aromatic nitrogens is 2. The maximum absolute atomic E-state index is 5.00. The SMILES string of the molecule is CN1[CH-]N(c2[c-]c(C3(c4[c-]c5c(cc4)c4ccccc4n5-c4cc(C(C)(C)C)ccn4)c4ccccc4-c4ccccc43)ccc2)c2cc(C(C)(C)C)ccc21.[Pt]. The van der Waals surface area contributed by atoms with Crippen molar-refractivity contribution in [1.29, 1.82) is 0 Å². The summed E-state index contributed by atoms with van der Waals surface area (Å²) in [5.74, 6) is 0.897. The monoisotopic (exact) mass is 920 g/mol. The number of anilines is 3. The van der Waals surface area contributed by atoms with Crippen molar-refractivity contribution in [3.63, 3.8) is 0 Å². The van der Waals surface area contributed by atoms with E-state index in [0.717, 1.165) is 44.7 Å². The Labute approximate surface area is 351 Å². The van der Waals surface area contributed by atoms with Gasteiger partial charge in [-0.25, -0.2) is 4.98 Å². The van der Waals surface area contributed by atoms with Crippen molar-refractivity contribution in [2.45, 2.75) is 57.8 Å². The van der Waals surface area contributed by atoms with Gasteiger partial charge >= 0.3 is 0 Å². The first-order valence-electron chi connectivity index (χ1n) is 19.6. The van der Waals surface area contributed by atoms with Gasteiger partial charge in [0.05, 0.1) is 0 Å². The number of rotatable bonds is 4. The first-order valence-corrected chi connectivity index (χ1v) is 19.6. The van der Waals surface area contributed by atoms with E-state index in [1.165, 1.54) is 44.5 Å². The second kappa shape index (κ2) is 13.3. The predicted molar refractivity (Wildman–Crippen MR) is 232 cm³/mol. The van der Waals surface area contributed by atoms with Crippen LogP contribution in [0.15, 0.2) is 140 Å². The summed E-state index contributed by atoms with van der Waals surface area (Å²) >= 11 is 0. The van der Waals surface area contributed by atoms with Crippen LogP contribution in [0.25, 0.3) is 38.8 Å². The Balaban J connectivity index is 0.00000422. The van der Waals surface area contributed by atoms with Gasteiger partial charge < -0.3 is 14.4 Å². The molecule has 1 aliphatic carbocycles. The molecule has 8 aromatic rings.